The first kappa shape index (κ1) is 27.4. The Bertz CT molecular complexity index is 1370. The van der Waals surface area contributed by atoms with Gasteiger partial charge in [-0.05, 0) is 54.1 Å². The van der Waals surface area contributed by atoms with Gasteiger partial charge in [0.1, 0.15) is 11.6 Å². The van der Waals surface area contributed by atoms with E-state index in [-0.39, 0.29) is 5.82 Å². The van der Waals surface area contributed by atoms with Gasteiger partial charge in [-0.15, -0.1) is 0 Å². The number of thioether (sulfide) groups is 1. The quantitative estimate of drug-likeness (QED) is 0.168. The van der Waals surface area contributed by atoms with Crippen LogP contribution in [0.4, 0.5) is 10.1 Å². The third-order valence-corrected chi connectivity index (χ3v) is 7.29. The van der Waals surface area contributed by atoms with Gasteiger partial charge < -0.3 is 24.1 Å². The number of aromatic amines is 1. The highest BCUT2D eigenvalue weighted by Crippen LogP contribution is 2.41. The molecule has 6 nitrogen and oxygen atoms in total. The second-order valence-corrected chi connectivity index (χ2v) is 10.6. The first-order chi connectivity index (χ1) is 18.2. The summed E-state index contributed by atoms with van der Waals surface area (Å²) >= 11 is 1.59. The number of hydrogen-bond donors (Lipinski definition) is 1. The molecule has 0 bridgehead atoms. The zero-order valence-corrected chi connectivity index (χ0v) is 23.5. The van der Waals surface area contributed by atoms with Gasteiger partial charge in [-0.25, -0.2) is 9.37 Å². The molecule has 8 heteroatoms. The first-order valence-electron chi connectivity index (χ1n) is 12.3. The van der Waals surface area contributed by atoms with Crippen molar-refractivity contribution in [3.05, 3.63) is 83.8 Å². The Hall–Kier alpha value is -3.65. The molecular weight excluding hydrogens is 501 g/mol. The molecule has 0 spiro atoms. The summed E-state index contributed by atoms with van der Waals surface area (Å²) in [5.74, 6) is 2.58. The van der Waals surface area contributed by atoms with Gasteiger partial charge in [-0.3, -0.25) is 0 Å². The SMILES string of the molecule is COc1ccc(C(C)(C)c2[nH]c(SCCOc3cccc(N(C)C)c3)nc2-c2ccc(F)cc2)cc1OC. The van der Waals surface area contributed by atoms with Crippen LogP contribution in [0, 0.1) is 5.82 Å². The molecule has 0 atom stereocenters. The number of nitrogens with one attached hydrogen (secondary N) is 1. The van der Waals surface area contributed by atoms with Crippen molar-refractivity contribution in [2.75, 3.05) is 45.6 Å². The molecule has 1 aromatic heterocycles. The molecule has 0 aliphatic carbocycles. The number of nitrogens with zero attached hydrogens (tertiary/aromatic N) is 2. The van der Waals surface area contributed by atoms with Crippen molar-refractivity contribution in [2.45, 2.75) is 24.4 Å². The van der Waals surface area contributed by atoms with E-state index in [1.807, 2.05) is 61.5 Å². The lowest BCUT2D eigenvalue weighted by Crippen LogP contribution is -2.20. The fourth-order valence-corrected chi connectivity index (χ4v) is 4.90. The van der Waals surface area contributed by atoms with E-state index in [1.54, 1.807) is 38.1 Å². The summed E-state index contributed by atoms with van der Waals surface area (Å²) in [5, 5.41) is 0.776. The van der Waals surface area contributed by atoms with Crippen LogP contribution in [0.3, 0.4) is 0 Å². The van der Waals surface area contributed by atoms with Crippen LogP contribution in [0.2, 0.25) is 0 Å². The van der Waals surface area contributed by atoms with Gasteiger partial charge in [0.05, 0.1) is 32.2 Å². The number of H-pyrrole nitrogens is 1. The van der Waals surface area contributed by atoms with Crippen LogP contribution in [-0.2, 0) is 5.41 Å². The van der Waals surface area contributed by atoms with E-state index in [0.717, 1.165) is 39.1 Å². The molecule has 0 amide bonds. The number of hydrogen-bond acceptors (Lipinski definition) is 6. The summed E-state index contributed by atoms with van der Waals surface area (Å²) in [6.45, 7) is 4.79. The highest BCUT2D eigenvalue weighted by molar-refractivity contribution is 7.99. The molecule has 0 saturated heterocycles. The summed E-state index contributed by atoms with van der Waals surface area (Å²) in [5.41, 5.74) is 4.22. The van der Waals surface area contributed by atoms with Gasteiger partial charge in [0, 0.05) is 42.6 Å². The van der Waals surface area contributed by atoms with E-state index < -0.39 is 5.41 Å². The highest BCUT2D eigenvalue weighted by Gasteiger charge is 2.31. The molecule has 4 aromatic rings. The van der Waals surface area contributed by atoms with Crippen LogP contribution >= 0.6 is 11.8 Å². The molecule has 0 aliphatic rings. The maximum atomic E-state index is 13.7. The average Bonchev–Trinajstić information content (AvgIpc) is 3.36. The fraction of sp³-hybridized carbons (Fsp3) is 0.300. The molecule has 0 saturated carbocycles. The van der Waals surface area contributed by atoms with Crippen molar-refractivity contribution in [1.82, 2.24) is 9.97 Å². The van der Waals surface area contributed by atoms with Gasteiger partial charge >= 0.3 is 0 Å². The number of imidazole rings is 1. The van der Waals surface area contributed by atoms with E-state index in [2.05, 4.69) is 18.8 Å². The smallest absolute Gasteiger partial charge is 0.166 e. The average molecular weight is 536 g/mol. The third kappa shape index (κ3) is 6.07. The predicted molar refractivity (Wildman–Crippen MR) is 153 cm³/mol. The molecule has 0 fully saturated rings. The number of aromatic nitrogens is 2. The zero-order chi connectivity index (χ0) is 27.3. The second-order valence-electron chi connectivity index (χ2n) is 9.56. The minimum Gasteiger partial charge on any atom is -0.493 e. The van der Waals surface area contributed by atoms with Crippen LogP contribution in [0.5, 0.6) is 17.2 Å². The van der Waals surface area contributed by atoms with Crippen molar-refractivity contribution < 1.29 is 18.6 Å². The van der Waals surface area contributed by atoms with Crippen LogP contribution in [-0.4, -0.2) is 50.6 Å². The van der Waals surface area contributed by atoms with Crippen molar-refractivity contribution >= 4 is 17.4 Å². The Balaban J connectivity index is 1.59. The molecule has 38 heavy (non-hydrogen) atoms. The largest absolute Gasteiger partial charge is 0.493 e. The third-order valence-electron chi connectivity index (χ3n) is 6.45. The van der Waals surface area contributed by atoms with Gasteiger partial charge in [-0.1, -0.05) is 37.7 Å². The van der Waals surface area contributed by atoms with E-state index >= 15 is 0 Å². The summed E-state index contributed by atoms with van der Waals surface area (Å²) in [7, 11) is 7.26. The second kappa shape index (κ2) is 11.8. The normalized spacial score (nSPS) is 11.3. The van der Waals surface area contributed by atoms with E-state index in [9.17, 15) is 4.39 Å². The van der Waals surface area contributed by atoms with Crippen LogP contribution in [0.25, 0.3) is 11.3 Å². The topological polar surface area (TPSA) is 59.6 Å². The van der Waals surface area contributed by atoms with Crippen molar-refractivity contribution in [3.8, 4) is 28.5 Å². The van der Waals surface area contributed by atoms with Crippen LogP contribution in [0.15, 0.2) is 71.9 Å². The number of methoxy groups -OCH3 is 2. The number of rotatable bonds is 11. The number of anilines is 1. The fourth-order valence-electron chi connectivity index (χ4n) is 4.21. The highest BCUT2D eigenvalue weighted by atomic mass is 32.2. The van der Waals surface area contributed by atoms with Gasteiger partial charge in [0.25, 0.3) is 0 Å². The summed E-state index contributed by atoms with van der Waals surface area (Å²) in [6, 6.07) is 20.4. The molecule has 3 aromatic carbocycles. The molecule has 0 aliphatic heterocycles. The number of benzene rings is 3. The van der Waals surface area contributed by atoms with Crippen molar-refractivity contribution in [1.29, 1.82) is 0 Å². The lowest BCUT2D eigenvalue weighted by Gasteiger charge is -2.26. The monoisotopic (exact) mass is 535 g/mol. The van der Waals surface area contributed by atoms with Crippen LogP contribution in [0.1, 0.15) is 25.1 Å². The summed E-state index contributed by atoms with van der Waals surface area (Å²) in [6.07, 6.45) is 0. The predicted octanol–water partition coefficient (Wildman–Crippen LogP) is 6.80. The van der Waals surface area contributed by atoms with Crippen molar-refractivity contribution in [3.63, 3.8) is 0 Å². The minimum atomic E-state index is -0.460. The lowest BCUT2D eigenvalue weighted by molar-refractivity contribution is 0.344. The van der Waals surface area contributed by atoms with E-state index in [1.165, 1.54) is 12.1 Å². The lowest BCUT2D eigenvalue weighted by atomic mass is 9.79. The maximum absolute atomic E-state index is 13.7. The summed E-state index contributed by atoms with van der Waals surface area (Å²) in [4.78, 5) is 10.5. The first-order valence-corrected chi connectivity index (χ1v) is 13.3. The van der Waals surface area contributed by atoms with Crippen LogP contribution < -0.4 is 19.1 Å². The minimum absolute atomic E-state index is 0.282. The summed E-state index contributed by atoms with van der Waals surface area (Å²) < 4.78 is 30.7. The molecule has 200 valence electrons. The number of halogens is 1. The Labute approximate surface area is 228 Å². The van der Waals surface area contributed by atoms with E-state index in [4.69, 9.17) is 19.2 Å². The maximum Gasteiger partial charge on any atom is 0.166 e. The van der Waals surface area contributed by atoms with Gasteiger partial charge in [0.2, 0.25) is 0 Å². The van der Waals surface area contributed by atoms with E-state index in [0.29, 0.717) is 23.9 Å². The Morgan fingerprint density at radius 1 is 0.947 bits per heavy atom. The standard InChI is InChI=1S/C30H34FN3O3S/c1-30(2,21-12-15-25(35-5)26(18-21)36-6)28-27(20-10-13-22(31)14-11-20)32-29(33-28)38-17-16-37-24-9-7-8-23(19-24)34(3)4/h7-15,18-19H,16-17H2,1-6H3,(H,32,33). The molecule has 0 radical (unpaired) electrons. The Morgan fingerprint density at radius 2 is 1.68 bits per heavy atom. The molecule has 1 heterocycles. The zero-order valence-electron chi connectivity index (χ0n) is 22.7. The Kier molecular flexibility index (Phi) is 8.52. The van der Waals surface area contributed by atoms with Gasteiger partial charge in [-0.2, -0.15) is 0 Å². The molecule has 1 N–H and O–H groups in total. The molecule has 0 unspecified atom stereocenters. The molecule has 4 rings (SSSR count). The number of ether oxygens (including phenoxy) is 3. The Morgan fingerprint density at radius 3 is 2.37 bits per heavy atom. The van der Waals surface area contributed by atoms with Crippen molar-refractivity contribution in [2.24, 2.45) is 0 Å². The molecular formula is C30H34FN3O3S. The van der Waals surface area contributed by atoms with Gasteiger partial charge in [0.15, 0.2) is 16.7 Å².